The maximum absolute atomic E-state index is 12.8. The van der Waals surface area contributed by atoms with Gasteiger partial charge in [-0.2, -0.15) is 5.10 Å². The van der Waals surface area contributed by atoms with Gasteiger partial charge < -0.3 is 15.7 Å². The van der Waals surface area contributed by atoms with Crippen LogP contribution in [-0.2, 0) is 18.6 Å². The van der Waals surface area contributed by atoms with Crippen molar-refractivity contribution in [3.8, 4) is 11.4 Å². The molecule has 2 aromatic heterocycles. The molecule has 0 fully saturated rings. The van der Waals surface area contributed by atoms with Crippen LogP contribution in [0, 0.1) is 0 Å². The molecule has 2 aromatic carbocycles. The van der Waals surface area contributed by atoms with Gasteiger partial charge >= 0.3 is 0 Å². The summed E-state index contributed by atoms with van der Waals surface area (Å²) in [6.45, 7) is 5.25. The lowest BCUT2D eigenvalue weighted by molar-refractivity contribution is 0.0785. The first-order valence-electron chi connectivity index (χ1n) is 10.7. The summed E-state index contributed by atoms with van der Waals surface area (Å²) in [6.07, 6.45) is 2.74. The molecule has 1 amide bonds. The molecular formula is C25H25N5O2. The SMILES string of the molecule is CC(C)(O)c1ccc(C(=O)Nc2cc3ccnn3c(-c3ccc4c(c3)CNCC4)n2)cc1. The highest BCUT2D eigenvalue weighted by Crippen LogP contribution is 2.26. The van der Waals surface area contributed by atoms with Gasteiger partial charge in [0.05, 0.1) is 17.3 Å². The number of carbonyl (C=O) groups is 1. The highest BCUT2D eigenvalue weighted by atomic mass is 16.3. The van der Waals surface area contributed by atoms with Crippen LogP contribution in [0.4, 0.5) is 5.82 Å². The zero-order valence-electron chi connectivity index (χ0n) is 18.1. The number of carbonyl (C=O) groups excluding carboxylic acids is 1. The normalized spacial score (nSPS) is 13.7. The van der Waals surface area contributed by atoms with Crippen LogP contribution in [0.5, 0.6) is 0 Å². The molecule has 0 radical (unpaired) electrons. The van der Waals surface area contributed by atoms with E-state index in [1.165, 1.54) is 11.1 Å². The molecule has 0 aliphatic carbocycles. The molecule has 7 nitrogen and oxygen atoms in total. The summed E-state index contributed by atoms with van der Waals surface area (Å²) in [5.41, 5.74) is 4.69. The van der Waals surface area contributed by atoms with Crippen molar-refractivity contribution in [2.24, 2.45) is 0 Å². The first-order valence-corrected chi connectivity index (χ1v) is 10.7. The maximum Gasteiger partial charge on any atom is 0.256 e. The number of benzene rings is 2. The topological polar surface area (TPSA) is 91.5 Å². The first-order chi connectivity index (χ1) is 15.4. The standard InChI is InChI=1S/C25H25N5O2/c1-25(2,32)20-7-5-17(6-8-20)24(31)29-22-14-21-10-12-27-30(21)23(28-22)18-4-3-16-9-11-26-15-19(16)13-18/h3-8,10,12-14,26,32H,9,11,15H2,1-2H3,(H,29,31). The van der Waals surface area contributed by atoms with Gasteiger partial charge in [0.1, 0.15) is 5.82 Å². The second kappa shape index (κ2) is 7.85. The smallest absolute Gasteiger partial charge is 0.256 e. The summed E-state index contributed by atoms with van der Waals surface area (Å²) in [4.78, 5) is 17.6. The molecule has 32 heavy (non-hydrogen) atoms. The Bertz CT molecular complexity index is 1300. The largest absolute Gasteiger partial charge is 0.386 e. The van der Waals surface area contributed by atoms with E-state index in [2.05, 4.69) is 33.9 Å². The van der Waals surface area contributed by atoms with Gasteiger partial charge in [-0.05, 0) is 67.8 Å². The number of rotatable bonds is 4. The molecule has 0 spiro atoms. The maximum atomic E-state index is 12.8. The highest BCUT2D eigenvalue weighted by Gasteiger charge is 2.18. The lowest BCUT2D eigenvalue weighted by Gasteiger charge is -2.18. The number of fused-ring (bicyclic) bond motifs is 2. The number of aromatic nitrogens is 3. The molecule has 1 aliphatic heterocycles. The van der Waals surface area contributed by atoms with Gasteiger partial charge in [-0.15, -0.1) is 0 Å². The minimum absolute atomic E-state index is 0.260. The third-order valence-electron chi connectivity index (χ3n) is 5.83. The van der Waals surface area contributed by atoms with Gasteiger partial charge in [-0.3, -0.25) is 4.79 Å². The van der Waals surface area contributed by atoms with Gasteiger partial charge in [0.15, 0.2) is 5.82 Å². The fourth-order valence-electron chi connectivity index (χ4n) is 4.02. The fourth-order valence-corrected chi connectivity index (χ4v) is 4.02. The lowest BCUT2D eigenvalue weighted by atomic mass is 9.97. The van der Waals surface area contributed by atoms with Gasteiger partial charge in [-0.25, -0.2) is 9.50 Å². The van der Waals surface area contributed by atoms with Crippen molar-refractivity contribution >= 4 is 17.2 Å². The number of nitrogens with zero attached hydrogens (tertiary/aromatic N) is 3. The van der Waals surface area contributed by atoms with Gasteiger partial charge in [0.2, 0.25) is 0 Å². The van der Waals surface area contributed by atoms with E-state index < -0.39 is 5.60 Å². The summed E-state index contributed by atoms with van der Waals surface area (Å²) < 4.78 is 1.78. The third-order valence-corrected chi connectivity index (χ3v) is 5.83. The second-order valence-corrected chi connectivity index (χ2v) is 8.63. The van der Waals surface area contributed by atoms with Crippen molar-refractivity contribution in [1.82, 2.24) is 19.9 Å². The van der Waals surface area contributed by atoms with Crippen molar-refractivity contribution in [1.29, 1.82) is 0 Å². The molecule has 0 unspecified atom stereocenters. The Balaban J connectivity index is 1.47. The molecule has 1 aliphatic rings. The lowest BCUT2D eigenvalue weighted by Crippen LogP contribution is -2.23. The Morgan fingerprint density at radius 3 is 2.69 bits per heavy atom. The Morgan fingerprint density at radius 2 is 1.91 bits per heavy atom. The van der Waals surface area contributed by atoms with Gasteiger partial charge in [0.25, 0.3) is 5.91 Å². The Labute approximate surface area is 186 Å². The quantitative estimate of drug-likeness (QED) is 0.464. The van der Waals surface area contributed by atoms with E-state index in [-0.39, 0.29) is 5.91 Å². The molecule has 5 rings (SSSR count). The monoisotopic (exact) mass is 427 g/mol. The van der Waals surface area contributed by atoms with Crippen LogP contribution in [0.2, 0.25) is 0 Å². The van der Waals surface area contributed by atoms with Crippen molar-refractivity contribution in [2.75, 3.05) is 11.9 Å². The average molecular weight is 428 g/mol. The number of hydrogen-bond acceptors (Lipinski definition) is 5. The summed E-state index contributed by atoms with van der Waals surface area (Å²) in [7, 11) is 0. The second-order valence-electron chi connectivity index (χ2n) is 8.63. The van der Waals surface area contributed by atoms with Crippen LogP contribution >= 0.6 is 0 Å². The van der Waals surface area contributed by atoms with Gasteiger partial charge in [0, 0.05) is 23.7 Å². The molecule has 162 valence electrons. The van der Waals surface area contributed by atoms with E-state index in [4.69, 9.17) is 4.98 Å². The Kier molecular flexibility index (Phi) is 5.00. The molecule has 0 saturated heterocycles. The van der Waals surface area contributed by atoms with Crippen LogP contribution in [0.25, 0.3) is 16.9 Å². The number of amides is 1. The van der Waals surface area contributed by atoms with E-state index in [0.29, 0.717) is 17.2 Å². The van der Waals surface area contributed by atoms with Crippen molar-refractivity contribution in [3.05, 3.63) is 83.0 Å². The molecule has 7 heteroatoms. The number of aliphatic hydroxyl groups is 1. The summed E-state index contributed by atoms with van der Waals surface area (Å²) >= 11 is 0. The van der Waals surface area contributed by atoms with Crippen LogP contribution in [-0.4, -0.2) is 32.2 Å². The molecule has 4 aromatic rings. The van der Waals surface area contributed by atoms with Crippen molar-refractivity contribution < 1.29 is 9.90 Å². The molecule has 0 saturated carbocycles. The molecule has 3 heterocycles. The van der Waals surface area contributed by atoms with Crippen molar-refractivity contribution in [2.45, 2.75) is 32.4 Å². The predicted octanol–water partition coefficient (Wildman–Crippen LogP) is 3.52. The van der Waals surface area contributed by atoms with Crippen molar-refractivity contribution in [3.63, 3.8) is 0 Å². The highest BCUT2D eigenvalue weighted by molar-refractivity contribution is 6.04. The van der Waals surface area contributed by atoms with Crippen LogP contribution in [0.1, 0.15) is 40.9 Å². The minimum atomic E-state index is -0.955. The van der Waals surface area contributed by atoms with E-state index in [1.54, 1.807) is 54.9 Å². The zero-order valence-corrected chi connectivity index (χ0v) is 18.1. The predicted molar refractivity (Wildman–Crippen MR) is 123 cm³/mol. The van der Waals surface area contributed by atoms with E-state index >= 15 is 0 Å². The van der Waals surface area contributed by atoms with Crippen LogP contribution in [0.3, 0.4) is 0 Å². The first kappa shape index (κ1) is 20.4. The summed E-state index contributed by atoms with van der Waals surface area (Å²) in [5.74, 6) is 0.873. The van der Waals surface area contributed by atoms with E-state index in [9.17, 15) is 9.90 Å². The Hall–Kier alpha value is -3.55. The molecular weight excluding hydrogens is 402 g/mol. The molecule has 0 bridgehead atoms. The molecule has 3 N–H and O–H groups in total. The zero-order chi connectivity index (χ0) is 22.3. The summed E-state index contributed by atoms with van der Waals surface area (Å²) in [6, 6.07) is 17.0. The third kappa shape index (κ3) is 3.88. The van der Waals surface area contributed by atoms with E-state index in [1.807, 2.05) is 6.07 Å². The fraction of sp³-hybridized carbons (Fsp3) is 0.240. The summed E-state index contributed by atoms with van der Waals surface area (Å²) in [5, 5.41) is 20.9. The number of anilines is 1. The number of nitrogens with one attached hydrogen (secondary N) is 2. The van der Waals surface area contributed by atoms with Crippen LogP contribution < -0.4 is 10.6 Å². The molecule has 0 atom stereocenters. The minimum Gasteiger partial charge on any atom is -0.386 e. The van der Waals surface area contributed by atoms with E-state index in [0.717, 1.165) is 36.2 Å². The Morgan fingerprint density at radius 1 is 1.09 bits per heavy atom. The average Bonchev–Trinajstić information content (AvgIpc) is 3.26. The van der Waals surface area contributed by atoms with Crippen LogP contribution in [0.15, 0.2) is 60.8 Å². The van der Waals surface area contributed by atoms with Gasteiger partial charge in [-0.1, -0.05) is 24.3 Å². The number of hydrogen-bond donors (Lipinski definition) is 3.